The van der Waals surface area contributed by atoms with Crippen molar-refractivity contribution in [3.63, 3.8) is 0 Å². The van der Waals surface area contributed by atoms with Crippen molar-refractivity contribution in [1.29, 1.82) is 0 Å². The average Bonchev–Trinajstić information content (AvgIpc) is 2.24. The van der Waals surface area contributed by atoms with Crippen molar-refractivity contribution in [2.24, 2.45) is 0 Å². The minimum atomic E-state index is -0.612. The molecule has 0 bridgehead atoms. The molecule has 0 spiro atoms. The highest BCUT2D eigenvalue weighted by Crippen LogP contribution is 2.11. The molecule has 4 heteroatoms. The molecular weight excluding hydrogens is 207 g/mol. The molecule has 1 amide bonds. The van der Waals surface area contributed by atoms with Gasteiger partial charge in [-0.25, -0.2) is 4.39 Å². The smallest absolute Gasteiger partial charge is 0.254 e. The molecular formula is C12H13FN2O. The van der Waals surface area contributed by atoms with Gasteiger partial charge in [-0.2, -0.15) is 0 Å². The van der Waals surface area contributed by atoms with E-state index in [1.807, 2.05) is 0 Å². The molecule has 16 heavy (non-hydrogen) atoms. The first-order valence-corrected chi connectivity index (χ1v) is 4.88. The first-order chi connectivity index (χ1) is 7.65. The van der Waals surface area contributed by atoms with E-state index in [1.54, 1.807) is 6.92 Å². The van der Waals surface area contributed by atoms with Gasteiger partial charge in [0.15, 0.2) is 0 Å². The van der Waals surface area contributed by atoms with E-state index in [2.05, 4.69) is 17.2 Å². The molecule has 0 aliphatic carbocycles. The molecule has 0 heterocycles. The molecule has 0 fully saturated rings. The third-order valence-corrected chi connectivity index (χ3v) is 1.95. The lowest BCUT2D eigenvalue weighted by atomic mass is 10.2. The van der Waals surface area contributed by atoms with Crippen molar-refractivity contribution in [3.05, 3.63) is 29.6 Å². The first-order valence-electron chi connectivity index (χ1n) is 4.88. The second kappa shape index (κ2) is 5.76. The average molecular weight is 220 g/mol. The third-order valence-electron chi connectivity index (χ3n) is 1.95. The molecule has 0 saturated heterocycles. The van der Waals surface area contributed by atoms with E-state index in [4.69, 9.17) is 5.73 Å². The maximum Gasteiger partial charge on any atom is 0.254 e. The molecule has 1 rings (SSSR count). The van der Waals surface area contributed by atoms with Crippen molar-refractivity contribution in [2.75, 3.05) is 12.3 Å². The van der Waals surface area contributed by atoms with Crippen LogP contribution >= 0.6 is 0 Å². The first kappa shape index (κ1) is 12.1. The van der Waals surface area contributed by atoms with E-state index < -0.39 is 11.7 Å². The molecule has 1 aromatic rings. The minimum absolute atomic E-state index is 0.00124. The van der Waals surface area contributed by atoms with Crippen LogP contribution in [0.4, 0.5) is 10.1 Å². The monoisotopic (exact) mass is 220 g/mol. The highest BCUT2D eigenvalue weighted by molar-refractivity contribution is 5.94. The van der Waals surface area contributed by atoms with E-state index in [9.17, 15) is 9.18 Å². The van der Waals surface area contributed by atoms with Crippen LogP contribution in [0.15, 0.2) is 18.2 Å². The molecule has 84 valence electrons. The number of benzene rings is 1. The zero-order valence-corrected chi connectivity index (χ0v) is 9.01. The second-order valence-electron chi connectivity index (χ2n) is 3.17. The highest BCUT2D eigenvalue weighted by atomic mass is 19.1. The summed E-state index contributed by atoms with van der Waals surface area (Å²) in [6.45, 7) is 2.13. The lowest BCUT2D eigenvalue weighted by molar-refractivity contribution is 0.0950. The molecule has 0 atom stereocenters. The number of hydrogen-bond acceptors (Lipinski definition) is 2. The Bertz CT molecular complexity index is 446. The lowest BCUT2D eigenvalue weighted by Gasteiger charge is -2.04. The van der Waals surface area contributed by atoms with Crippen molar-refractivity contribution in [1.82, 2.24) is 5.32 Å². The minimum Gasteiger partial charge on any atom is -0.399 e. The van der Waals surface area contributed by atoms with Gasteiger partial charge in [-0.15, -0.1) is 11.8 Å². The standard InChI is InChI=1S/C12H13FN2O/c1-2-3-4-7-15-12(16)10-6-5-9(14)8-11(10)13/h5-6,8H,4,7,14H2,1H3,(H,15,16). The van der Waals surface area contributed by atoms with Crippen LogP contribution in [0.2, 0.25) is 0 Å². The Morgan fingerprint density at radius 3 is 2.94 bits per heavy atom. The Hall–Kier alpha value is -2.02. The molecule has 3 nitrogen and oxygen atoms in total. The Kier molecular flexibility index (Phi) is 4.34. The number of amides is 1. The van der Waals surface area contributed by atoms with Gasteiger partial charge in [0, 0.05) is 18.7 Å². The summed E-state index contributed by atoms with van der Waals surface area (Å²) < 4.78 is 13.3. The summed E-state index contributed by atoms with van der Waals surface area (Å²) in [7, 11) is 0. The number of carbonyl (C=O) groups is 1. The third kappa shape index (κ3) is 3.28. The Morgan fingerprint density at radius 1 is 1.56 bits per heavy atom. The van der Waals surface area contributed by atoms with Gasteiger partial charge < -0.3 is 11.1 Å². The molecule has 0 saturated carbocycles. The van der Waals surface area contributed by atoms with Crippen LogP contribution in [-0.4, -0.2) is 12.5 Å². The second-order valence-corrected chi connectivity index (χ2v) is 3.17. The van der Waals surface area contributed by atoms with Crippen LogP contribution in [0.25, 0.3) is 0 Å². The zero-order valence-electron chi connectivity index (χ0n) is 9.01. The van der Waals surface area contributed by atoms with Crippen molar-refractivity contribution in [3.8, 4) is 11.8 Å². The van der Waals surface area contributed by atoms with Crippen LogP contribution in [0.5, 0.6) is 0 Å². The van der Waals surface area contributed by atoms with Gasteiger partial charge >= 0.3 is 0 Å². The summed E-state index contributed by atoms with van der Waals surface area (Å²) in [5.41, 5.74) is 5.67. The van der Waals surface area contributed by atoms with Crippen molar-refractivity contribution >= 4 is 11.6 Å². The Labute approximate surface area is 93.8 Å². The summed E-state index contributed by atoms with van der Waals surface area (Å²) in [5, 5.41) is 2.57. The van der Waals surface area contributed by atoms with E-state index in [-0.39, 0.29) is 5.56 Å². The molecule has 0 aliphatic rings. The Morgan fingerprint density at radius 2 is 2.31 bits per heavy atom. The summed E-state index contributed by atoms with van der Waals surface area (Å²) >= 11 is 0. The number of nitrogens with two attached hydrogens (primary N) is 1. The quantitative estimate of drug-likeness (QED) is 0.461. The summed E-state index contributed by atoms with van der Waals surface area (Å²) in [6.07, 6.45) is 0.554. The fraction of sp³-hybridized carbons (Fsp3) is 0.250. The topological polar surface area (TPSA) is 55.1 Å². The summed E-state index contributed by atoms with van der Waals surface area (Å²) in [4.78, 5) is 11.5. The molecule has 0 unspecified atom stereocenters. The van der Waals surface area contributed by atoms with E-state index >= 15 is 0 Å². The Balaban J connectivity index is 2.61. The maximum absolute atomic E-state index is 13.3. The number of nitrogen functional groups attached to an aromatic ring is 1. The summed E-state index contributed by atoms with van der Waals surface area (Å²) in [6, 6.07) is 3.98. The molecule has 1 aromatic carbocycles. The van der Waals surface area contributed by atoms with Crippen LogP contribution in [0.3, 0.4) is 0 Å². The fourth-order valence-corrected chi connectivity index (χ4v) is 1.17. The van der Waals surface area contributed by atoms with Crippen LogP contribution < -0.4 is 11.1 Å². The number of carbonyl (C=O) groups excluding carboxylic acids is 1. The number of rotatable bonds is 3. The number of anilines is 1. The van der Waals surface area contributed by atoms with Gasteiger partial charge in [0.1, 0.15) is 5.82 Å². The molecule has 0 aliphatic heterocycles. The maximum atomic E-state index is 13.3. The van der Waals surface area contributed by atoms with Gasteiger partial charge in [-0.1, -0.05) is 0 Å². The van der Waals surface area contributed by atoms with Crippen LogP contribution in [-0.2, 0) is 0 Å². The predicted octanol–water partition coefficient (Wildman–Crippen LogP) is 1.55. The van der Waals surface area contributed by atoms with Crippen molar-refractivity contribution < 1.29 is 9.18 Å². The lowest BCUT2D eigenvalue weighted by Crippen LogP contribution is -2.25. The van der Waals surface area contributed by atoms with E-state index in [0.29, 0.717) is 18.7 Å². The largest absolute Gasteiger partial charge is 0.399 e. The highest BCUT2D eigenvalue weighted by Gasteiger charge is 2.10. The van der Waals surface area contributed by atoms with Crippen LogP contribution in [0, 0.1) is 17.7 Å². The number of hydrogen-bond donors (Lipinski definition) is 2. The van der Waals surface area contributed by atoms with Gasteiger partial charge in [-0.05, 0) is 25.1 Å². The molecule has 3 N–H and O–H groups in total. The van der Waals surface area contributed by atoms with Crippen molar-refractivity contribution in [2.45, 2.75) is 13.3 Å². The SMILES string of the molecule is CC#CCCNC(=O)c1ccc(N)cc1F. The van der Waals surface area contributed by atoms with E-state index in [0.717, 1.165) is 6.07 Å². The van der Waals surface area contributed by atoms with E-state index in [1.165, 1.54) is 12.1 Å². The predicted molar refractivity (Wildman–Crippen MR) is 61.2 cm³/mol. The fourth-order valence-electron chi connectivity index (χ4n) is 1.17. The molecule has 0 radical (unpaired) electrons. The zero-order chi connectivity index (χ0) is 12.0. The molecule has 0 aromatic heterocycles. The van der Waals surface area contributed by atoms with Gasteiger partial charge in [0.25, 0.3) is 5.91 Å². The van der Waals surface area contributed by atoms with Gasteiger partial charge in [-0.3, -0.25) is 4.79 Å². The number of halogens is 1. The van der Waals surface area contributed by atoms with Gasteiger partial charge in [0.05, 0.1) is 5.56 Å². The number of nitrogens with one attached hydrogen (secondary N) is 1. The summed E-state index contributed by atoms with van der Waals surface area (Å²) in [5.74, 6) is 4.45. The normalized spacial score (nSPS) is 9.12. The van der Waals surface area contributed by atoms with Crippen LogP contribution in [0.1, 0.15) is 23.7 Å². The van der Waals surface area contributed by atoms with Gasteiger partial charge in [0.2, 0.25) is 0 Å².